The molecule has 3 rings (SSSR count). The second kappa shape index (κ2) is 15.3. The number of carbonyl (C=O) groups excluding carboxylic acids is 2. The minimum absolute atomic E-state index is 0.0222. The second-order valence-electron chi connectivity index (χ2n) is 10.0. The Bertz CT molecular complexity index is 1450. The van der Waals surface area contributed by atoms with Gasteiger partial charge in [0, 0.05) is 23.0 Å². The number of hydrogen-bond acceptors (Lipinski definition) is 6. The summed E-state index contributed by atoms with van der Waals surface area (Å²) in [6.45, 7) is 7.81. The number of thioether (sulfide) groups is 1. The summed E-state index contributed by atoms with van der Waals surface area (Å²) in [5, 5.41) is 3.31. The summed E-state index contributed by atoms with van der Waals surface area (Å²) in [6, 6.07) is 19.2. The third-order valence-corrected chi connectivity index (χ3v) is 9.41. The minimum atomic E-state index is -4.17. The van der Waals surface area contributed by atoms with E-state index in [2.05, 4.69) is 5.32 Å². The Morgan fingerprint density at radius 2 is 1.62 bits per heavy atom. The Labute approximate surface area is 258 Å². The van der Waals surface area contributed by atoms with Gasteiger partial charge in [-0.2, -0.15) is 0 Å². The van der Waals surface area contributed by atoms with E-state index in [1.807, 2.05) is 27.0 Å². The molecule has 0 heterocycles. The molecule has 11 heteroatoms. The Morgan fingerprint density at radius 3 is 2.19 bits per heavy atom. The summed E-state index contributed by atoms with van der Waals surface area (Å²) in [5.41, 5.74) is 0.925. The van der Waals surface area contributed by atoms with Gasteiger partial charge in [0.2, 0.25) is 11.8 Å². The first kappa shape index (κ1) is 33.3. The van der Waals surface area contributed by atoms with Crippen molar-refractivity contribution in [3.05, 3.63) is 83.4 Å². The molecule has 0 aliphatic rings. The van der Waals surface area contributed by atoms with Gasteiger partial charge in [0.15, 0.2) is 0 Å². The summed E-state index contributed by atoms with van der Waals surface area (Å²) in [5.74, 6) is -0.107. The van der Waals surface area contributed by atoms with Gasteiger partial charge in [-0.3, -0.25) is 13.9 Å². The second-order valence-corrected chi connectivity index (χ2v) is 13.2. The molecule has 42 heavy (non-hydrogen) atoms. The van der Waals surface area contributed by atoms with E-state index in [1.165, 1.54) is 28.8 Å². The SMILES string of the molecule is CCOc1ccc(N(CC(=O)N(Cc2ccccc2Cl)C(C)C(=O)NCC(C)C)S(=O)(=O)c2ccc(SC)cc2)cc1. The average molecular weight is 632 g/mol. The van der Waals surface area contributed by atoms with Crippen LogP contribution in [0.15, 0.2) is 82.6 Å². The van der Waals surface area contributed by atoms with Gasteiger partial charge in [-0.15, -0.1) is 11.8 Å². The van der Waals surface area contributed by atoms with Crippen LogP contribution >= 0.6 is 23.4 Å². The Hall–Kier alpha value is -3.21. The molecule has 0 aliphatic carbocycles. The van der Waals surface area contributed by atoms with Crippen molar-refractivity contribution in [2.75, 3.05) is 30.3 Å². The monoisotopic (exact) mass is 631 g/mol. The zero-order valence-electron chi connectivity index (χ0n) is 24.5. The topological polar surface area (TPSA) is 96.0 Å². The molecule has 1 atom stereocenters. The summed E-state index contributed by atoms with van der Waals surface area (Å²) in [7, 11) is -4.17. The number of amides is 2. The Kier molecular flexibility index (Phi) is 12.1. The van der Waals surface area contributed by atoms with Crippen molar-refractivity contribution in [1.29, 1.82) is 0 Å². The summed E-state index contributed by atoms with van der Waals surface area (Å²) < 4.78 is 34.6. The smallest absolute Gasteiger partial charge is 0.264 e. The summed E-state index contributed by atoms with van der Waals surface area (Å²) in [6.07, 6.45) is 1.90. The van der Waals surface area contributed by atoms with Crippen LogP contribution in [0.5, 0.6) is 5.75 Å². The number of nitrogens with one attached hydrogen (secondary N) is 1. The Morgan fingerprint density at radius 1 is 0.976 bits per heavy atom. The maximum absolute atomic E-state index is 14.0. The van der Waals surface area contributed by atoms with E-state index in [4.69, 9.17) is 16.3 Å². The number of carbonyl (C=O) groups is 2. The van der Waals surface area contributed by atoms with E-state index in [1.54, 1.807) is 67.6 Å². The molecule has 0 aromatic heterocycles. The van der Waals surface area contributed by atoms with Crippen molar-refractivity contribution in [2.24, 2.45) is 5.92 Å². The lowest BCUT2D eigenvalue weighted by Gasteiger charge is -2.32. The van der Waals surface area contributed by atoms with Gasteiger partial charge in [0.05, 0.1) is 17.2 Å². The van der Waals surface area contributed by atoms with Crippen molar-refractivity contribution in [3.8, 4) is 5.75 Å². The van der Waals surface area contributed by atoms with Gasteiger partial charge in [-0.1, -0.05) is 43.6 Å². The molecule has 0 fully saturated rings. The highest BCUT2D eigenvalue weighted by Gasteiger charge is 2.33. The van der Waals surface area contributed by atoms with Gasteiger partial charge < -0.3 is 15.0 Å². The largest absolute Gasteiger partial charge is 0.494 e. The number of hydrogen-bond donors (Lipinski definition) is 1. The van der Waals surface area contributed by atoms with Crippen LogP contribution in [0.3, 0.4) is 0 Å². The molecule has 3 aromatic rings. The quantitative estimate of drug-likeness (QED) is 0.225. The lowest BCUT2D eigenvalue weighted by Crippen LogP contribution is -2.51. The van der Waals surface area contributed by atoms with Gasteiger partial charge in [0.1, 0.15) is 18.3 Å². The standard InChI is InChI=1S/C31H38ClN3O5S2/c1-6-40-26-13-11-25(12-14-26)35(42(38,39)28-17-15-27(41-5)16-18-28)21-30(36)34(20-24-9-7-8-10-29(24)32)23(4)31(37)33-19-22(2)3/h7-18,22-23H,6,19-21H2,1-5H3,(H,33,37). The van der Waals surface area contributed by atoms with Crippen LogP contribution in [0.4, 0.5) is 5.69 Å². The third kappa shape index (κ3) is 8.65. The van der Waals surface area contributed by atoms with Crippen LogP contribution in [0.1, 0.15) is 33.3 Å². The van der Waals surface area contributed by atoms with Gasteiger partial charge >= 0.3 is 0 Å². The first-order valence-corrected chi connectivity index (χ1v) is 16.7. The molecule has 3 aromatic carbocycles. The molecule has 226 valence electrons. The van der Waals surface area contributed by atoms with Crippen LogP contribution in [0.2, 0.25) is 5.02 Å². The van der Waals surface area contributed by atoms with Crippen molar-refractivity contribution >= 4 is 50.9 Å². The van der Waals surface area contributed by atoms with Crippen molar-refractivity contribution in [3.63, 3.8) is 0 Å². The first-order valence-electron chi connectivity index (χ1n) is 13.7. The van der Waals surface area contributed by atoms with Gasteiger partial charge in [0.25, 0.3) is 10.0 Å². The fourth-order valence-electron chi connectivity index (χ4n) is 4.12. The fraction of sp³-hybridized carbons (Fsp3) is 0.355. The molecular weight excluding hydrogens is 594 g/mol. The fourth-order valence-corrected chi connectivity index (χ4v) is 6.14. The van der Waals surface area contributed by atoms with Crippen LogP contribution in [-0.4, -0.2) is 57.1 Å². The molecule has 0 bridgehead atoms. The van der Waals surface area contributed by atoms with Crippen LogP contribution in [-0.2, 0) is 26.2 Å². The molecule has 1 N–H and O–H groups in total. The zero-order chi connectivity index (χ0) is 30.9. The Balaban J connectivity index is 2.03. The number of benzene rings is 3. The molecule has 8 nitrogen and oxygen atoms in total. The molecular formula is C31H38ClN3O5S2. The highest BCUT2D eigenvalue weighted by Crippen LogP contribution is 2.28. The number of nitrogens with zero attached hydrogens (tertiary/aromatic N) is 2. The summed E-state index contributed by atoms with van der Waals surface area (Å²) in [4.78, 5) is 29.5. The number of rotatable bonds is 14. The summed E-state index contributed by atoms with van der Waals surface area (Å²) >= 11 is 7.92. The van der Waals surface area contributed by atoms with E-state index in [-0.39, 0.29) is 29.0 Å². The lowest BCUT2D eigenvalue weighted by atomic mass is 10.1. The third-order valence-electron chi connectivity index (χ3n) is 6.51. The number of halogens is 1. The van der Waals surface area contributed by atoms with E-state index in [0.717, 1.165) is 9.20 Å². The van der Waals surface area contributed by atoms with Crippen molar-refractivity contribution < 1.29 is 22.7 Å². The molecule has 0 radical (unpaired) electrons. The molecule has 0 spiro atoms. The molecule has 0 saturated heterocycles. The molecule has 2 amide bonds. The van der Waals surface area contributed by atoms with Gasteiger partial charge in [-0.05, 0) is 86.2 Å². The predicted octanol–water partition coefficient (Wildman–Crippen LogP) is 5.85. The lowest BCUT2D eigenvalue weighted by molar-refractivity contribution is -0.139. The highest BCUT2D eigenvalue weighted by atomic mass is 35.5. The van der Waals surface area contributed by atoms with E-state index in [0.29, 0.717) is 29.5 Å². The highest BCUT2D eigenvalue weighted by molar-refractivity contribution is 7.98. The maximum Gasteiger partial charge on any atom is 0.264 e. The van der Waals surface area contributed by atoms with Crippen molar-refractivity contribution in [2.45, 2.75) is 50.1 Å². The van der Waals surface area contributed by atoms with Crippen molar-refractivity contribution in [1.82, 2.24) is 10.2 Å². The number of anilines is 1. The number of sulfonamides is 1. The molecule has 0 aliphatic heterocycles. The van der Waals surface area contributed by atoms with E-state index in [9.17, 15) is 18.0 Å². The predicted molar refractivity (Wildman–Crippen MR) is 170 cm³/mol. The van der Waals surface area contributed by atoms with Crippen LogP contribution in [0.25, 0.3) is 0 Å². The number of ether oxygens (including phenoxy) is 1. The van der Waals surface area contributed by atoms with Gasteiger partial charge in [-0.25, -0.2) is 8.42 Å². The van der Waals surface area contributed by atoms with Crippen LogP contribution < -0.4 is 14.4 Å². The van der Waals surface area contributed by atoms with Crippen LogP contribution in [0, 0.1) is 5.92 Å². The minimum Gasteiger partial charge on any atom is -0.494 e. The first-order chi connectivity index (χ1) is 20.0. The molecule has 1 unspecified atom stereocenters. The zero-order valence-corrected chi connectivity index (χ0v) is 26.9. The van der Waals surface area contributed by atoms with E-state index >= 15 is 0 Å². The maximum atomic E-state index is 14.0. The molecule has 0 saturated carbocycles. The average Bonchev–Trinajstić information content (AvgIpc) is 2.98. The van der Waals surface area contributed by atoms with E-state index < -0.39 is 28.5 Å². The normalized spacial score (nSPS) is 12.1.